The number of amides is 1. The molecule has 1 fully saturated rings. The third-order valence-electron chi connectivity index (χ3n) is 5.99. The summed E-state index contributed by atoms with van der Waals surface area (Å²) >= 11 is 3.27. The summed E-state index contributed by atoms with van der Waals surface area (Å²) in [5.41, 5.74) is 3.42. The van der Waals surface area contributed by atoms with Crippen molar-refractivity contribution in [2.45, 2.75) is 45.3 Å². The van der Waals surface area contributed by atoms with E-state index in [2.05, 4.69) is 70.0 Å². The molecule has 1 aromatic carbocycles. The lowest BCUT2D eigenvalue weighted by molar-refractivity contribution is -0.118. The third-order valence-corrected chi connectivity index (χ3v) is 7.78. The van der Waals surface area contributed by atoms with Crippen molar-refractivity contribution >= 4 is 29.0 Å². The highest BCUT2D eigenvalue weighted by Gasteiger charge is 2.20. The maximum absolute atomic E-state index is 12.5. The van der Waals surface area contributed by atoms with Gasteiger partial charge >= 0.3 is 0 Å². The first kappa shape index (κ1) is 23.0. The molecule has 1 aliphatic rings. The van der Waals surface area contributed by atoms with Crippen molar-refractivity contribution in [2.24, 2.45) is 5.92 Å². The Bertz CT molecular complexity index is 1040. The highest BCUT2D eigenvalue weighted by atomic mass is 32.2. The van der Waals surface area contributed by atoms with Gasteiger partial charge in [0, 0.05) is 18.0 Å². The maximum Gasteiger partial charge on any atom is 0.230 e. The number of likely N-dealkylation sites (tertiary alicyclic amines) is 1. The second-order valence-corrected chi connectivity index (χ2v) is 10.5. The molecule has 0 unspecified atom stereocenters. The van der Waals surface area contributed by atoms with Gasteiger partial charge < -0.3 is 5.32 Å². The number of aryl methyl sites for hydroxylation is 3. The Kier molecular flexibility index (Phi) is 7.65. The van der Waals surface area contributed by atoms with Crippen LogP contribution in [0.2, 0.25) is 0 Å². The van der Waals surface area contributed by atoms with Crippen LogP contribution in [0.1, 0.15) is 34.7 Å². The number of aromatic nitrogens is 3. The number of carbonyl (C=O) groups is 1. The van der Waals surface area contributed by atoms with Crippen LogP contribution in [0.3, 0.4) is 0 Å². The van der Waals surface area contributed by atoms with Crippen molar-refractivity contribution < 1.29 is 4.79 Å². The molecule has 32 heavy (non-hydrogen) atoms. The first-order valence-electron chi connectivity index (χ1n) is 11.1. The maximum atomic E-state index is 12.5. The highest BCUT2D eigenvalue weighted by molar-refractivity contribution is 7.99. The summed E-state index contributed by atoms with van der Waals surface area (Å²) in [6, 6.07) is 10.7. The zero-order valence-corrected chi connectivity index (χ0v) is 20.6. The second-order valence-electron chi connectivity index (χ2n) is 8.55. The van der Waals surface area contributed by atoms with E-state index in [4.69, 9.17) is 0 Å². The van der Waals surface area contributed by atoms with Crippen LogP contribution in [0.25, 0.3) is 5.69 Å². The molecule has 2 aromatic heterocycles. The van der Waals surface area contributed by atoms with Gasteiger partial charge in [-0.2, -0.15) is 0 Å². The van der Waals surface area contributed by atoms with Gasteiger partial charge in [0.2, 0.25) is 5.91 Å². The average Bonchev–Trinajstić information content (AvgIpc) is 3.43. The first-order valence-corrected chi connectivity index (χ1v) is 13.0. The van der Waals surface area contributed by atoms with Crippen LogP contribution in [0.4, 0.5) is 0 Å². The molecule has 3 heterocycles. The highest BCUT2D eigenvalue weighted by Crippen LogP contribution is 2.25. The van der Waals surface area contributed by atoms with Gasteiger partial charge in [0.1, 0.15) is 5.82 Å². The van der Waals surface area contributed by atoms with Crippen molar-refractivity contribution in [2.75, 3.05) is 25.4 Å². The van der Waals surface area contributed by atoms with Gasteiger partial charge in [-0.3, -0.25) is 14.3 Å². The van der Waals surface area contributed by atoms with Crippen molar-refractivity contribution in [3.05, 3.63) is 57.5 Å². The number of thioether (sulfide) groups is 1. The van der Waals surface area contributed by atoms with E-state index in [1.807, 2.05) is 22.8 Å². The largest absolute Gasteiger partial charge is 0.355 e. The quantitative estimate of drug-likeness (QED) is 0.496. The van der Waals surface area contributed by atoms with Gasteiger partial charge in [0.25, 0.3) is 0 Å². The Hall–Kier alpha value is -2.16. The third kappa shape index (κ3) is 5.79. The molecular formula is C24H31N5OS2. The van der Waals surface area contributed by atoms with Crippen molar-refractivity contribution in [3.63, 3.8) is 0 Å². The lowest BCUT2D eigenvalue weighted by Gasteiger charge is -2.31. The van der Waals surface area contributed by atoms with Gasteiger partial charge in [-0.25, -0.2) is 0 Å². The minimum absolute atomic E-state index is 0.0594. The molecule has 0 atom stereocenters. The molecule has 8 heteroatoms. The monoisotopic (exact) mass is 469 g/mol. The van der Waals surface area contributed by atoms with E-state index in [0.717, 1.165) is 61.3 Å². The van der Waals surface area contributed by atoms with E-state index in [1.54, 1.807) is 0 Å². The lowest BCUT2D eigenvalue weighted by atomic mass is 9.97. The fraction of sp³-hybridized carbons (Fsp3) is 0.458. The van der Waals surface area contributed by atoms with Crippen LogP contribution >= 0.6 is 23.1 Å². The summed E-state index contributed by atoms with van der Waals surface area (Å²) in [6.07, 6.45) is 2.28. The number of hydrogen-bond acceptors (Lipinski definition) is 6. The standard InChI is InChI=1S/C24H31N5OS2/c1-17-6-7-18(2)22(13-17)29-19(3)26-27-24(29)32-16-23(30)25-14-20-8-10-28(11-9-20)15-21-5-4-12-31-21/h4-7,12-13,20H,8-11,14-16H2,1-3H3,(H,25,30). The summed E-state index contributed by atoms with van der Waals surface area (Å²) < 4.78 is 2.05. The number of piperidine rings is 1. The lowest BCUT2D eigenvalue weighted by Crippen LogP contribution is -2.38. The van der Waals surface area contributed by atoms with E-state index >= 15 is 0 Å². The minimum atomic E-state index is 0.0594. The van der Waals surface area contributed by atoms with E-state index in [0.29, 0.717) is 11.7 Å². The fourth-order valence-electron chi connectivity index (χ4n) is 4.09. The molecule has 0 bridgehead atoms. The number of carbonyl (C=O) groups excluding carboxylic acids is 1. The van der Waals surface area contributed by atoms with Gasteiger partial charge in [0.05, 0.1) is 11.4 Å². The summed E-state index contributed by atoms with van der Waals surface area (Å²) in [4.78, 5) is 16.5. The number of benzene rings is 1. The normalized spacial score (nSPS) is 15.2. The van der Waals surface area contributed by atoms with E-state index in [1.165, 1.54) is 22.2 Å². The summed E-state index contributed by atoms with van der Waals surface area (Å²) in [5, 5.41) is 14.6. The summed E-state index contributed by atoms with van der Waals surface area (Å²) in [6.45, 7) is 10.1. The predicted octanol–water partition coefficient (Wildman–Crippen LogP) is 4.37. The van der Waals surface area contributed by atoms with Gasteiger partial charge in [0.15, 0.2) is 5.16 Å². The Morgan fingerprint density at radius 2 is 2.00 bits per heavy atom. The topological polar surface area (TPSA) is 63.1 Å². The minimum Gasteiger partial charge on any atom is -0.355 e. The zero-order chi connectivity index (χ0) is 22.5. The van der Waals surface area contributed by atoms with E-state index in [9.17, 15) is 4.79 Å². The number of thiophene rings is 1. The predicted molar refractivity (Wildman–Crippen MR) is 132 cm³/mol. The Morgan fingerprint density at radius 3 is 2.75 bits per heavy atom. The van der Waals surface area contributed by atoms with Gasteiger partial charge in [-0.1, -0.05) is 30.0 Å². The van der Waals surface area contributed by atoms with Crippen LogP contribution in [0.5, 0.6) is 0 Å². The van der Waals surface area contributed by atoms with Gasteiger partial charge in [-0.05, 0) is 81.3 Å². The van der Waals surface area contributed by atoms with Crippen molar-refractivity contribution in [1.29, 1.82) is 0 Å². The number of nitrogens with one attached hydrogen (secondary N) is 1. The molecule has 1 N–H and O–H groups in total. The van der Waals surface area contributed by atoms with E-state index < -0.39 is 0 Å². The molecule has 1 aliphatic heterocycles. The van der Waals surface area contributed by atoms with Crippen LogP contribution in [0, 0.1) is 26.7 Å². The molecule has 3 aromatic rings. The molecule has 170 valence electrons. The molecule has 0 saturated carbocycles. The SMILES string of the molecule is Cc1ccc(C)c(-n2c(C)nnc2SCC(=O)NCC2CCN(Cc3cccs3)CC2)c1. The first-order chi connectivity index (χ1) is 15.5. The Balaban J connectivity index is 1.24. The molecule has 0 aliphatic carbocycles. The number of rotatable bonds is 8. The molecular weight excluding hydrogens is 438 g/mol. The number of hydrogen-bond donors (Lipinski definition) is 1. The molecule has 4 rings (SSSR count). The average molecular weight is 470 g/mol. The molecule has 1 saturated heterocycles. The summed E-state index contributed by atoms with van der Waals surface area (Å²) in [5.74, 6) is 1.80. The van der Waals surface area contributed by atoms with Crippen LogP contribution in [-0.4, -0.2) is 51.0 Å². The van der Waals surface area contributed by atoms with Gasteiger partial charge in [-0.15, -0.1) is 21.5 Å². The summed E-state index contributed by atoms with van der Waals surface area (Å²) in [7, 11) is 0. The molecule has 0 radical (unpaired) electrons. The van der Waals surface area contributed by atoms with Crippen LogP contribution in [-0.2, 0) is 11.3 Å². The smallest absolute Gasteiger partial charge is 0.230 e. The second kappa shape index (κ2) is 10.6. The molecule has 6 nitrogen and oxygen atoms in total. The van der Waals surface area contributed by atoms with E-state index in [-0.39, 0.29) is 5.91 Å². The Morgan fingerprint density at radius 1 is 1.19 bits per heavy atom. The Labute approximate surface area is 198 Å². The van der Waals surface area contributed by atoms with Crippen molar-refractivity contribution in [1.82, 2.24) is 25.0 Å². The zero-order valence-electron chi connectivity index (χ0n) is 19.0. The molecule has 0 spiro atoms. The van der Waals surface area contributed by atoms with Crippen LogP contribution < -0.4 is 5.32 Å². The number of nitrogens with zero attached hydrogens (tertiary/aromatic N) is 4. The fourth-order valence-corrected chi connectivity index (χ4v) is 5.65. The molecule has 1 amide bonds. The van der Waals surface area contributed by atoms with Crippen LogP contribution in [0.15, 0.2) is 40.9 Å². The van der Waals surface area contributed by atoms with Crippen molar-refractivity contribution in [3.8, 4) is 5.69 Å².